The minimum absolute atomic E-state index is 0.402. The first-order valence-electron chi connectivity index (χ1n) is 5.92. The molecule has 0 bridgehead atoms. The second-order valence-electron chi connectivity index (χ2n) is 4.24. The molecule has 0 aliphatic carbocycles. The number of halogens is 2. The molecule has 0 radical (unpaired) electrons. The van der Waals surface area contributed by atoms with E-state index in [0.29, 0.717) is 29.4 Å². The van der Waals surface area contributed by atoms with Crippen molar-refractivity contribution in [3.05, 3.63) is 33.8 Å². The van der Waals surface area contributed by atoms with Gasteiger partial charge in [0.25, 0.3) is 0 Å². The van der Waals surface area contributed by atoms with Gasteiger partial charge in [-0.3, -0.25) is 4.79 Å². The van der Waals surface area contributed by atoms with E-state index in [-0.39, 0.29) is 0 Å². The summed E-state index contributed by atoms with van der Waals surface area (Å²) in [5, 5.41) is 10.1. The Kier molecular flexibility index (Phi) is 6.47. The molecule has 0 spiro atoms. The zero-order valence-corrected chi connectivity index (χ0v) is 11.5. The summed E-state index contributed by atoms with van der Waals surface area (Å²) in [6.07, 6.45) is 2.66. The third kappa shape index (κ3) is 4.48. The Morgan fingerprint density at radius 3 is 2.67 bits per heavy atom. The smallest absolute Gasteiger partial charge is 0.306 e. The topological polar surface area (TPSA) is 63.3 Å². The number of nitrogens with two attached hydrogens (primary N) is 1. The van der Waals surface area contributed by atoms with Crippen molar-refractivity contribution in [1.82, 2.24) is 0 Å². The van der Waals surface area contributed by atoms with Crippen molar-refractivity contribution in [3.63, 3.8) is 0 Å². The van der Waals surface area contributed by atoms with Gasteiger partial charge in [-0.25, -0.2) is 0 Å². The summed E-state index contributed by atoms with van der Waals surface area (Å²) in [7, 11) is 0. The lowest BCUT2D eigenvalue weighted by Gasteiger charge is -2.13. The number of carboxylic acid groups (broad SMARTS) is 1. The molecule has 0 heterocycles. The fourth-order valence-corrected chi connectivity index (χ4v) is 2.22. The van der Waals surface area contributed by atoms with Crippen molar-refractivity contribution in [3.8, 4) is 0 Å². The molecule has 5 heteroatoms. The first kappa shape index (κ1) is 15.3. The normalized spacial score (nSPS) is 12.4. The summed E-state index contributed by atoms with van der Waals surface area (Å²) in [5.41, 5.74) is 6.18. The van der Waals surface area contributed by atoms with Crippen LogP contribution < -0.4 is 5.73 Å². The molecule has 0 aliphatic heterocycles. The van der Waals surface area contributed by atoms with Crippen molar-refractivity contribution in [2.75, 3.05) is 6.54 Å². The van der Waals surface area contributed by atoms with E-state index < -0.39 is 11.9 Å². The molecular weight excluding hydrogens is 273 g/mol. The van der Waals surface area contributed by atoms with Crippen LogP contribution in [0.3, 0.4) is 0 Å². The minimum Gasteiger partial charge on any atom is -0.481 e. The van der Waals surface area contributed by atoms with Gasteiger partial charge in [0.1, 0.15) is 0 Å². The number of hydrogen-bond donors (Lipinski definition) is 2. The minimum atomic E-state index is -0.803. The molecule has 0 aliphatic rings. The van der Waals surface area contributed by atoms with Crippen molar-refractivity contribution >= 4 is 29.2 Å². The van der Waals surface area contributed by atoms with Gasteiger partial charge in [-0.1, -0.05) is 41.8 Å². The SMILES string of the molecule is NCCCCC(Cc1cccc(Cl)c1Cl)C(=O)O. The molecule has 0 fully saturated rings. The van der Waals surface area contributed by atoms with Gasteiger partial charge in [0.15, 0.2) is 0 Å². The second-order valence-corrected chi connectivity index (χ2v) is 5.02. The van der Waals surface area contributed by atoms with Gasteiger partial charge in [-0.2, -0.15) is 0 Å². The van der Waals surface area contributed by atoms with Crippen LogP contribution in [0.15, 0.2) is 18.2 Å². The van der Waals surface area contributed by atoms with Gasteiger partial charge in [0, 0.05) is 0 Å². The molecule has 100 valence electrons. The number of aliphatic carboxylic acids is 1. The molecular formula is C13H17Cl2NO2. The predicted molar refractivity (Wildman–Crippen MR) is 74.2 cm³/mol. The van der Waals surface area contributed by atoms with Crippen LogP contribution >= 0.6 is 23.2 Å². The van der Waals surface area contributed by atoms with Crippen LogP contribution in [0.4, 0.5) is 0 Å². The first-order valence-corrected chi connectivity index (χ1v) is 6.67. The van der Waals surface area contributed by atoms with Gasteiger partial charge in [0.05, 0.1) is 16.0 Å². The summed E-state index contributed by atoms with van der Waals surface area (Å²) in [4.78, 5) is 11.2. The third-order valence-electron chi connectivity index (χ3n) is 2.85. The third-order valence-corrected chi connectivity index (χ3v) is 3.71. The standard InChI is InChI=1S/C13H17Cl2NO2/c14-11-6-3-5-9(12(11)15)8-10(13(17)18)4-1-2-7-16/h3,5-6,10H,1-2,4,7-8,16H2,(H,17,18). The lowest BCUT2D eigenvalue weighted by molar-refractivity contribution is -0.142. The molecule has 0 saturated carbocycles. The van der Waals surface area contributed by atoms with E-state index in [9.17, 15) is 9.90 Å². The van der Waals surface area contributed by atoms with Crippen LogP contribution in [0.25, 0.3) is 0 Å². The number of carbonyl (C=O) groups is 1. The van der Waals surface area contributed by atoms with E-state index in [1.165, 1.54) is 0 Å². The number of unbranched alkanes of at least 4 members (excludes halogenated alkanes) is 1. The highest BCUT2D eigenvalue weighted by molar-refractivity contribution is 6.42. The molecule has 0 saturated heterocycles. The Morgan fingerprint density at radius 1 is 1.33 bits per heavy atom. The highest BCUT2D eigenvalue weighted by Gasteiger charge is 2.19. The maximum Gasteiger partial charge on any atom is 0.306 e. The van der Waals surface area contributed by atoms with Crippen LogP contribution in [-0.2, 0) is 11.2 Å². The highest BCUT2D eigenvalue weighted by Crippen LogP contribution is 2.28. The Bertz CT molecular complexity index is 410. The Hall–Kier alpha value is -0.770. The molecule has 1 aromatic rings. The van der Waals surface area contributed by atoms with Crippen molar-refractivity contribution in [2.24, 2.45) is 11.7 Å². The van der Waals surface area contributed by atoms with Gasteiger partial charge in [-0.05, 0) is 37.4 Å². The molecule has 1 rings (SSSR count). The van der Waals surface area contributed by atoms with Crippen LogP contribution in [0.2, 0.25) is 10.0 Å². The van der Waals surface area contributed by atoms with E-state index in [1.54, 1.807) is 12.1 Å². The van der Waals surface area contributed by atoms with Crippen LogP contribution in [-0.4, -0.2) is 17.6 Å². The van der Waals surface area contributed by atoms with Gasteiger partial charge in [0.2, 0.25) is 0 Å². The fraction of sp³-hybridized carbons (Fsp3) is 0.462. The van der Waals surface area contributed by atoms with E-state index in [4.69, 9.17) is 28.9 Å². The van der Waals surface area contributed by atoms with Crippen LogP contribution in [0.5, 0.6) is 0 Å². The van der Waals surface area contributed by atoms with E-state index >= 15 is 0 Å². The predicted octanol–water partition coefficient (Wildman–Crippen LogP) is 3.37. The summed E-state index contributed by atoms with van der Waals surface area (Å²) in [5.74, 6) is -1.24. The Labute approximate surface area is 117 Å². The number of benzene rings is 1. The molecule has 3 nitrogen and oxygen atoms in total. The zero-order chi connectivity index (χ0) is 13.5. The van der Waals surface area contributed by atoms with Gasteiger partial charge in [-0.15, -0.1) is 0 Å². The maximum atomic E-state index is 11.2. The van der Waals surface area contributed by atoms with Crippen LogP contribution in [0, 0.1) is 5.92 Å². The Balaban J connectivity index is 2.71. The van der Waals surface area contributed by atoms with E-state index in [2.05, 4.69) is 0 Å². The van der Waals surface area contributed by atoms with Crippen molar-refractivity contribution < 1.29 is 9.90 Å². The lowest BCUT2D eigenvalue weighted by Crippen LogP contribution is -2.17. The largest absolute Gasteiger partial charge is 0.481 e. The van der Waals surface area contributed by atoms with E-state index in [1.807, 2.05) is 6.07 Å². The first-order chi connectivity index (χ1) is 8.56. The molecule has 1 atom stereocenters. The summed E-state index contributed by atoms with van der Waals surface area (Å²) < 4.78 is 0. The molecule has 0 amide bonds. The number of carboxylic acids is 1. The summed E-state index contributed by atoms with van der Waals surface area (Å²) >= 11 is 12.0. The molecule has 3 N–H and O–H groups in total. The number of hydrogen-bond acceptors (Lipinski definition) is 2. The average molecular weight is 290 g/mol. The van der Waals surface area contributed by atoms with Gasteiger partial charge < -0.3 is 10.8 Å². The fourth-order valence-electron chi connectivity index (χ4n) is 1.82. The van der Waals surface area contributed by atoms with Crippen molar-refractivity contribution in [1.29, 1.82) is 0 Å². The van der Waals surface area contributed by atoms with Gasteiger partial charge >= 0.3 is 5.97 Å². The molecule has 18 heavy (non-hydrogen) atoms. The lowest BCUT2D eigenvalue weighted by atomic mass is 9.94. The monoisotopic (exact) mass is 289 g/mol. The van der Waals surface area contributed by atoms with Crippen LogP contribution in [0.1, 0.15) is 24.8 Å². The van der Waals surface area contributed by atoms with E-state index in [0.717, 1.165) is 18.4 Å². The molecule has 1 aromatic carbocycles. The average Bonchev–Trinajstić information content (AvgIpc) is 2.33. The molecule has 1 unspecified atom stereocenters. The van der Waals surface area contributed by atoms with Crippen molar-refractivity contribution in [2.45, 2.75) is 25.7 Å². The Morgan fingerprint density at radius 2 is 2.06 bits per heavy atom. The highest BCUT2D eigenvalue weighted by atomic mass is 35.5. The summed E-state index contributed by atoms with van der Waals surface area (Å²) in [6, 6.07) is 5.28. The summed E-state index contributed by atoms with van der Waals surface area (Å²) in [6.45, 7) is 0.588. The number of rotatable bonds is 7. The maximum absolute atomic E-state index is 11.2. The quantitative estimate of drug-likeness (QED) is 0.757. The molecule has 0 aromatic heterocycles. The second kappa shape index (κ2) is 7.62. The zero-order valence-electron chi connectivity index (χ0n) is 10.0.